The van der Waals surface area contributed by atoms with Gasteiger partial charge in [0.2, 0.25) is 0 Å². The van der Waals surface area contributed by atoms with Crippen molar-refractivity contribution in [1.82, 2.24) is 14.8 Å². The minimum Gasteiger partial charge on any atom is -0.489 e. The summed E-state index contributed by atoms with van der Waals surface area (Å²) < 4.78 is 6.05. The maximum Gasteiger partial charge on any atom is 0.273 e. The van der Waals surface area contributed by atoms with Crippen LogP contribution in [0, 0.1) is 0 Å². The molecule has 0 aliphatic heterocycles. The fraction of sp³-hybridized carbons (Fsp3) is 0.300. The maximum absolute atomic E-state index is 13.3. The van der Waals surface area contributed by atoms with E-state index in [9.17, 15) is 4.79 Å². The normalized spacial score (nSPS) is 11.2. The van der Waals surface area contributed by atoms with Gasteiger partial charge in [-0.3, -0.25) is 9.69 Å². The van der Waals surface area contributed by atoms with Crippen LogP contribution in [-0.4, -0.2) is 40.3 Å². The molecular formula is C40H45N3O2S. The molecule has 0 atom stereocenters. The predicted octanol–water partition coefficient (Wildman–Crippen LogP) is 9.21. The van der Waals surface area contributed by atoms with Crippen molar-refractivity contribution in [3.05, 3.63) is 154 Å². The van der Waals surface area contributed by atoms with Crippen molar-refractivity contribution in [2.45, 2.75) is 58.7 Å². The van der Waals surface area contributed by atoms with Crippen LogP contribution in [-0.2, 0) is 19.7 Å². The highest BCUT2D eigenvalue weighted by atomic mass is 32.1. The van der Waals surface area contributed by atoms with Crippen LogP contribution < -0.4 is 4.74 Å². The van der Waals surface area contributed by atoms with Crippen molar-refractivity contribution in [2.75, 3.05) is 19.6 Å². The van der Waals surface area contributed by atoms with Crippen LogP contribution in [0.15, 0.2) is 121 Å². The third-order valence-corrected chi connectivity index (χ3v) is 8.95. The molecule has 0 spiro atoms. The van der Waals surface area contributed by atoms with Gasteiger partial charge in [-0.25, -0.2) is 4.98 Å². The number of carbonyl (C=O) groups is 1. The van der Waals surface area contributed by atoms with Crippen LogP contribution in [0.5, 0.6) is 5.75 Å². The van der Waals surface area contributed by atoms with Crippen molar-refractivity contribution in [3.8, 4) is 5.75 Å². The van der Waals surface area contributed by atoms with Gasteiger partial charge in [0, 0.05) is 30.9 Å². The number of thiazole rings is 1. The van der Waals surface area contributed by atoms with Gasteiger partial charge in [-0.05, 0) is 60.2 Å². The standard InChI is InChI=1S/C40H45N3O2S/c1-3-25-43(26-4-2)40(44)38-31-46-39(41-38)29-42(27-24-37(34-16-10-6-11-17-34)35-18-12-7-13-19-35)28-32-20-22-36(23-21-32)45-30-33-14-8-5-9-15-33/h5-23,31,37H,3-4,24-30H2,1-2H3. The summed E-state index contributed by atoms with van der Waals surface area (Å²) in [5.74, 6) is 1.18. The van der Waals surface area contributed by atoms with Crippen LogP contribution in [0.2, 0.25) is 0 Å². The maximum atomic E-state index is 13.3. The Hall–Kier alpha value is -4.26. The van der Waals surface area contributed by atoms with Gasteiger partial charge >= 0.3 is 0 Å². The average Bonchev–Trinajstić information content (AvgIpc) is 3.57. The Bertz CT molecular complexity index is 1540. The van der Waals surface area contributed by atoms with E-state index in [1.807, 2.05) is 28.5 Å². The van der Waals surface area contributed by atoms with E-state index in [4.69, 9.17) is 9.72 Å². The lowest BCUT2D eigenvalue weighted by Gasteiger charge is -2.25. The summed E-state index contributed by atoms with van der Waals surface area (Å²) in [6, 6.07) is 40.2. The molecule has 0 aliphatic carbocycles. The lowest BCUT2D eigenvalue weighted by molar-refractivity contribution is 0.0750. The Kier molecular flexibility index (Phi) is 12.6. The van der Waals surface area contributed by atoms with Crippen molar-refractivity contribution < 1.29 is 9.53 Å². The summed E-state index contributed by atoms with van der Waals surface area (Å²) in [5.41, 5.74) is 5.57. The van der Waals surface area contributed by atoms with E-state index >= 15 is 0 Å². The number of nitrogens with zero attached hydrogens (tertiary/aromatic N) is 3. The first-order valence-corrected chi connectivity index (χ1v) is 17.3. The molecule has 46 heavy (non-hydrogen) atoms. The van der Waals surface area contributed by atoms with Crippen molar-refractivity contribution in [1.29, 1.82) is 0 Å². The minimum atomic E-state index is 0.0389. The molecule has 0 unspecified atom stereocenters. The second-order valence-corrected chi connectivity index (χ2v) is 12.7. The molecule has 0 fully saturated rings. The summed E-state index contributed by atoms with van der Waals surface area (Å²) >= 11 is 1.58. The molecule has 0 aliphatic rings. The fourth-order valence-corrected chi connectivity index (χ4v) is 6.61. The Balaban J connectivity index is 1.32. The Labute approximate surface area is 278 Å². The van der Waals surface area contributed by atoms with Gasteiger partial charge in [0.15, 0.2) is 0 Å². The molecule has 1 heterocycles. The molecule has 5 rings (SSSR count). The highest BCUT2D eigenvalue weighted by Crippen LogP contribution is 2.29. The first-order chi connectivity index (χ1) is 22.6. The summed E-state index contributed by atoms with van der Waals surface area (Å²) in [4.78, 5) is 22.5. The molecule has 1 amide bonds. The molecular weight excluding hydrogens is 587 g/mol. The molecule has 238 valence electrons. The zero-order valence-electron chi connectivity index (χ0n) is 27.1. The van der Waals surface area contributed by atoms with E-state index in [-0.39, 0.29) is 11.8 Å². The number of ether oxygens (including phenoxy) is 1. The molecule has 0 N–H and O–H groups in total. The van der Waals surface area contributed by atoms with E-state index in [2.05, 4.69) is 116 Å². The monoisotopic (exact) mass is 631 g/mol. The predicted molar refractivity (Wildman–Crippen MR) is 189 cm³/mol. The summed E-state index contributed by atoms with van der Waals surface area (Å²) in [7, 11) is 0. The number of amides is 1. The second-order valence-electron chi connectivity index (χ2n) is 11.7. The molecule has 6 heteroatoms. The topological polar surface area (TPSA) is 45.7 Å². The number of carbonyl (C=O) groups excluding carboxylic acids is 1. The second kappa shape index (κ2) is 17.4. The summed E-state index contributed by atoms with van der Waals surface area (Å²) in [5, 5.41) is 2.90. The highest BCUT2D eigenvalue weighted by Gasteiger charge is 2.20. The van der Waals surface area contributed by atoms with Crippen LogP contribution in [0.3, 0.4) is 0 Å². The molecule has 1 aromatic heterocycles. The van der Waals surface area contributed by atoms with Gasteiger partial charge < -0.3 is 9.64 Å². The third kappa shape index (κ3) is 9.62. The summed E-state index contributed by atoms with van der Waals surface area (Å²) in [6.45, 7) is 8.63. The highest BCUT2D eigenvalue weighted by molar-refractivity contribution is 7.09. The van der Waals surface area contributed by atoms with E-state index < -0.39 is 0 Å². The minimum absolute atomic E-state index is 0.0389. The van der Waals surface area contributed by atoms with Crippen molar-refractivity contribution in [2.24, 2.45) is 0 Å². The number of hydrogen-bond donors (Lipinski definition) is 0. The lowest BCUT2D eigenvalue weighted by atomic mass is 9.88. The number of hydrogen-bond acceptors (Lipinski definition) is 5. The van der Waals surface area contributed by atoms with Crippen LogP contribution >= 0.6 is 11.3 Å². The molecule has 0 bridgehead atoms. The van der Waals surface area contributed by atoms with Crippen LogP contribution in [0.25, 0.3) is 0 Å². The molecule has 0 saturated carbocycles. The first kappa shape index (κ1) is 33.1. The Morgan fingerprint density at radius 1 is 0.717 bits per heavy atom. The molecule has 5 nitrogen and oxygen atoms in total. The Morgan fingerprint density at radius 3 is 1.89 bits per heavy atom. The van der Waals surface area contributed by atoms with E-state index in [1.54, 1.807) is 11.3 Å². The van der Waals surface area contributed by atoms with E-state index in [0.29, 0.717) is 18.8 Å². The van der Waals surface area contributed by atoms with E-state index in [1.165, 1.54) is 16.7 Å². The van der Waals surface area contributed by atoms with E-state index in [0.717, 1.165) is 61.8 Å². The molecule has 0 saturated heterocycles. The van der Waals surface area contributed by atoms with Crippen LogP contribution in [0.1, 0.15) is 76.8 Å². The van der Waals surface area contributed by atoms with Gasteiger partial charge in [-0.1, -0.05) is 117 Å². The van der Waals surface area contributed by atoms with Crippen LogP contribution in [0.4, 0.5) is 0 Å². The average molecular weight is 632 g/mol. The molecule has 4 aromatic carbocycles. The zero-order chi connectivity index (χ0) is 32.0. The van der Waals surface area contributed by atoms with Crippen molar-refractivity contribution in [3.63, 3.8) is 0 Å². The number of rotatable bonds is 17. The SMILES string of the molecule is CCCN(CCC)C(=O)c1csc(CN(CCC(c2ccccc2)c2ccccc2)Cc2ccc(OCc3ccccc3)cc2)n1. The molecule has 5 aromatic rings. The third-order valence-electron chi connectivity index (χ3n) is 8.12. The first-order valence-electron chi connectivity index (χ1n) is 16.4. The summed E-state index contributed by atoms with van der Waals surface area (Å²) in [6.07, 6.45) is 2.84. The van der Waals surface area contributed by atoms with Gasteiger partial charge in [0.1, 0.15) is 23.1 Å². The van der Waals surface area contributed by atoms with Gasteiger partial charge in [0.25, 0.3) is 5.91 Å². The van der Waals surface area contributed by atoms with Gasteiger partial charge in [-0.15, -0.1) is 11.3 Å². The zero-order valence-corrected chi connectivity index (χ0v) is 27.9. The lowest BCUT2D eigenvalue weighted by Crippen LogP contribution is -2.32. The van der Waals surface area contributed by atoms with Crippen molar-refractivity contribution >= 4 is 17.2 Å². The largest absolute Gasteiger partial charge is 0.489 e. The smallest absolute Gasteiger partial charge is 0.273 e. The Morgan fingerprint density at radius 2 is 1.30 bits per heavy atom. The number of aromatic nitrogens is 1. The van der Waals surface area contributed by atoms with Gasteiger partial charge in [-0.2, -0.15) is 0 Å². The quantitative estimate of drug-likeness (QED) is 0.103. The fourth-order valence-electron chi connectivity index (χ4n) is 5.80. The molecule has 0 radical (unpaired) electrons. The number of benzene rings is 4. The van der Waals surface area contributed by atoms with Gasteiger partial charge in [0.05, 0.1) is 6.54 Å².